The van der Waals surface area contributed by atoms with Crippen LogP contribution in [0.5, 0.6) is 11.6 Å². The molecule has 0 aliphatic rings. The topological polar surface area (TPSA) is 48.1 Å². The number of nitrogens with two attached hydrogens (primary N) is 1. The highest BCUT2D eigenvalue weighted by Crippen LogP contribution is 2.36. The standard InChI is InChI=1S/C12H9BrCl2N2O/c1-6-2-12(17-5-10(6)16)18-11-4-8(14)7(13)3-9(11)15/h2-5H,16H2,1H3. The molecule has 0 aliphatic heterocycles. The molecule has 0 saturated heterocycles. The van der Waals surface area contributed by atoms with Crippen LogP contribution in [0.4, 0.5) is 5.69 Å². The maximum atomic E-state index is 6.06. The van der Waals surface area contributed by atoms with Gasteiger partial charge < -0.3 is 10.5 Å². The lowest BCUT2D eigenvalue weighted by molar-refractivity contribution is 0.463. The predicted octanol–water partition coefficient (Wildman–Crippen LogP) is 4.83. The maximum absolute atomic E-state index is 6.06. The van der Waals surface area contributed by atoms with Crippen molar-refractivity contribution in [3.05, 3.63) is 44.5 Å². The van der Waals surface area contributed by atoms with Crippen molar-refractivity contribution in [3.63, 3.8) is 0 Å². The van der Waals surface area contributed by atoms with Gasteiger partial charge in [0.25, 0.3) is 0 Å². The highest BCUT2D eigenvalue weighted by atomic mass is 79.9. The molecule has 0 saturated carbocycles. The Morgan fingerprint density at radius 3 is 2.61 bits per heavy atom. The lowest BCUT2D eigenvalue weighted by Gasteiger charge is -2.09. The van der Waals surface area contributed by atoms with Crippen LogP contribution in [0, 0.1) is 6.92 Å². The first-order valence-electron chi connectivity index (χ1n) is 5.02. The molecular weight excluding hydrogens is 339 g/mol. The van der Waals surface area contributed by atoms with Crippen molar-refractivity contribution in [3.8, 4) is 11.6 Å². The second-order valence-corrected chi connectivity index (χ2v) is 5.35. The molecule has 2 rings (SSSR count). The lowest BCUT2D eigenvalue weighted by Crippen LogP contribution is -1.94. The molecule has 1 heterocycles. The molecule has 6 heteroatoms. The fourth-order valence-electron chi connectivity index (χ4n) is 1.29. The molecule has 94 valence electrons. The summed E-state index contributed by atoms with van der Waals surface area (Å²) in [7, 11) is 0. The lowest BCUT2D eigenvalue weighted by atomic mass is 10.2. The second-order valence-electron chi connectivity index (χ2n) is 3.68. The number of ether oxygens (including phenoxy) is 1. The predicted molar refractivity (Wildman–Crippen MR) is 77.6 cm³/mol. The van der Waals surface area contributed by atoms with Gasteiger partial charge >= 0.3 is 0 Å². The van der Waals surface area contributed by atoms with E-state index in [0.717, 1.165) is 5.56 Å². The van der Waals surface area contributed by atoms with E-state index in [9.17, 15) is 0 Å². The Bertz CT molecular complexity index is 605. The smallest absolute Gasteiger partial charge is 0.219 e. The van der Waals surface area contributed by atoms with E-state index in [-0.39, 0.29) is 0 Å². The zero-order valence-corrected chi connectivity index (χ0v) is 12.5. The molecule has 3 nitrogen and oxygen atoms in total. The van der Waals surface area contributed by atoms with E-state index in [2.05, 4.69) is 20.9 Å². The fourth-order valence-corrected chi connectivity index (χ4v) is 2.12. The fraction of sp³-hybridized carbons (Fsp3) is 0.0833. The summed E-state index contributed by atoms with van der Waals surface area (Å²) in [6, 6.07) is 5.03. The van der Waals surface area contributed by atoms with E-state index in [1.165, 1.54) is 0 Å². The van der Waals surface area contributed by atoms with Gasteiger partial charge in [0.15, 0.2) is 0 Å². The summed E-state index contributed by atoms with van der Waals surface area (Å²) in [6.07, 6.45) is 1.54. The normalized spacial score (nSPS) is 10.4. The van der Waals surface area contributed by atoms with Gasteiger partial charge in [-0.1, -0.05) is 23.2 Å². The van der Waals surface area contributed by atoms with Crippen molar-refractivity contribution >= 4 is 44.8 Å². The number of halogens is 3. The molecule has 0 bridgehead atoms. The van der Waals surface area contributed by atoms with E-state index in [0.29, 0.717) is 31.8 Å². The minimum absolute atomic E-state index is 0.419. The van der Waals surface area contributed by atoms with Crippen LogP contribution in [-0.2, 0) is 0 Å². The van der Waals surface area contributed by atoms with E-state index < -0.39 is 0 Å². The van der Waals surface area contributed by atoms with E-state index in [4.69, 9.17) is 33.7 Å². The number of hydrogen-bond acceptors (Lipinski definition) is 3. The average Bonchev–Trinajstić information content (AvgIpc) is 2.31. The summed E-state index contributed by atoms with van der Waals surface area (Å²) in [6.45, 7) is 1.88. The van der Waals surface area contributed by atoms with Crippen molar-refractivity contribution in [1.82, 2.24) is 4.98 Å². The van der Waals surface area contributed by atoms with Crippen LogP contribution in [0.25, 0.3) is 0 Å². The van der Waals surface area contributed by atoms with E-state index in [1.54, 1.807) is 24.4 Å². The van der Waals surface area contributed by atoms with Gasteiger partial charge in [-0.05, 0) is 34.5 Å². The third-order valence-electron chi connectivity index (χ3n) is 2.32. The monoisotopic (exact) mass is 346 g/mol. The quantitative estimate of drug-likeness (QED) is 0.791. The van der Waals surface area contributed by atoms with Crippen LogP contribution in [0.2, 0.25) is 10.0 Å². The number of hydrogen-bond donors (Lipinski definition) is 1. The molecule has 0 atom stereocenters. The van der Waals surface area contributed by atoms with Crippen LogP contribution in [0.15, 0.2) is 28.9 Å². The molecule has 2 aromatic rings. The molecule has 0 fully saturated rings. The van der Waals surface area contributed by atoms with E-state index in [1.807, 2.05) is 6.92 Å². The SMILES string of the molecule is Cc1cc(Oc2cc(Cl)c(Br)cc2Cl)ncc1N. The minimum Gasteiger partial charge on any atom is -0.437 e. The number of pyridine rings is 1. The van der Waals surface area contributed by atoms with Gasteiger partial charge in [0.2, 0.25) is 5.88 Å². The third kappa shape index (κ3) is 2.88. The number of rotatable bonds is 2. The Labute approximate surface area is 123 Å². The average molecular weight is 348 g/mol. The van der Waals surface area contributed by atoms with Crippen LogP contribution in [0.3, 0.4) is 0 Å². The summed E-state index contributed by atoms with van der Waals surface area (Å²) in [5.74, 6) is 0.864. The maximum Gasteiger partial charge on any atom is 0.219 e. The Hall–Kier alpha value is -0.970. The van der Waals surface area contributed by atoms with Gasteiger partial charge in [-0.3, -0.25) is 0 Å². The Morgan fingerprint density at radius 1 is 1.22 bits per heavy atom. The largest absolute Gasteiger partial charge is 0.437 e. The number of anilines is 1. The van der Waals surface area contributed by atoms with Gasteiger partial charge in [-0.15, -0.1) is 0 Å². The summed E-state index contributed by atoms with van der Waals surface area (Å²) >= 11 is 15.3. The molecule has 2 N–H and O–H groups in total. The number of benzene rings is 1. The van der Waals surface area contributed by atoms with Gasteiger partial charge in [-0.2, -0.15) is 0 Å². The molecule has 0 radical (unpaired) electrons. The van der Waals surface area contributed by atoms with Crippen molar-refractivity contribution in [2.75, 3.05) is 5.73 Å². The first-order chi connectivity index (χ1) is 8.47. The van der Waals surface area contributed by atoms with Crippen molar-refractivity contribution in [2.24, 2.45) is 0 Å². The van der Waals surface area contributed by atoms with Crippen molar-refractivity contribution in [2.45, 2.75) is 6.92 Å². The van der Waals surface area contributed by atoms with Gasteiger partial charge in [0.05, 0.1) is 21.9 Å². The zero-order valence-electron chi connectivity index (χ0n) is 9.38. The first kappa shape index (κ1) is 13.5. The Morgan fingerprint density at radius 2 is 1.94 bits per heavy atom. The minimum atomic E-state index is 0.419. The molecule has 0 spiro atoms. The highest BCUT2D eigenvalue weighted by molar-refractivity contribution is 9.10. The molecular formula is C12H9BrCl2N2O. The molecule has 1 aromatic heterocycles. The molecule has 0 amide bonds. The van der Waals surface area contributed by atoms with Crippen LogP contribution < -0.4 is 10.5 Å². The Balaban J connectivity index is 2.34. The first-order valence-corrected chi connectivity index (χ1v) is 6.57. The summed E-state index contributed by atoms with van der Waals surface area (Å²) in [4.78, 5) is 4.07. The zero-order chi connectivity index (χ0) is 13.3. The van der Waals surface area contributed by atoms with Crippen LogP contribution in [-0.4, -0.2) is 4.98 Å². The molecule has 18 heavy (non-hydrogen) atoms. The number of nitrogen functional groups attached to an aromatic ring is 1. The van der Waals surface area contributed by atoms with Crippen molar-refractivity contribution < 1.29 is 4.74 Å². The van der Waals surface area contributed by atoms with Gasteiger partial charge in [0.1, 0.15) is 5.75 Å². The van der Waals surface area contributed by atoms with Gasteiger partial charge in [-0.25, -0.2) is 4.98 Å². The second kappa shape index (κ2) is 5.34. The molecule has 0 unspecified atom stereocenters. The number of aryl methyl sites for hydroxylation is 1. The van der Waals surface area contributed by atoms with Crippen LogP contribution in [0.1, 0.15) is 5.56 Å². The van der Waals surface area contributed by atoms with E-state index >= 15 is 0 Å². The third-order valence-corrected chi connectivity index (χ3v) is 3.81. The number of aromatic nitrogens is 1. The molecule has 0 aliphatic carbocycles. The van der Waals surface area contributed by atoms with Crippen LogP contribution >= 0.6 is 39.1 Å². The summed E-state index contributed by atoms with van der Waals surface area (Å²) < 4.78 is 6.29. The van der Waals surface area contributed by atoms with Gasteiger partial charge in [0, 0.05) is 16.6 Å². The number of nitrogens with zero attached hydrogens (tertiary/aromatic N) is 1. The molecule has 1 aromatic carbocycles. The van der Waals surface area contributed by atoms with Crippen molar-refractivity contribution in [1.29, 1.82) is 0 Å². The summed E-state index contributed by atoms with van der Waals surface area (Å²) in [5.41, 5.74) is 7.19. The Kier molecular flexibility index (Phi) is 4.00. The highest BCUT2D eigenvalue weighted by Gasteiger charge is 2.09. The summed E-state index contributed by atoms with van der Waals surface area (Å²) in [5, 5.41) is 0.962.